The van der Waals surface area contributed by atoms with Gasteiger partial charge in [-0.3, -0.25) is 4.79 Å². The predicted octanol–water partition coefficient (Wildman–Crippen LogP) is 4.07. The number of benzene rings is 1. The zero-order valence-electron chi connectivity index (χ0n) is 16.3. The number of nitrogens with zero attached hydrogens (tertiary/aromatic N) is 2. The van der Waals surface area contributed by atoms with Gasteiger partial charge < -0.3 is 10.6 Å². The third kappa shape index (κ3) is 4.28. The Hall–Kier alpha value is -2.27. The second-order valence-corrected chi connectivity index (χ2v) is 8.51. The van der Waals surface area contributed by atoms with Crippen molar-refractivity contribution in [1.82, 2.24) is 15.3 Å². The quantitative estimate of drug-likeness (QED) is 0.812. The van der Waals surface area contributed by atoms with E-state index in [9.17, 15) is 4.79 Å². The Morgan fingerprint density at radius 1 is 1.12 bits per heavy atom. The van der Waals surface area contributed by atoms with Gasteiger partial charge in [0.2, 0.25) is 0 Å². The van der Waals surface area contributed by atoms with E-state index in [1.165, 1.54) is 0 Å². The lowest BCUT2D eigenvalue weighted by atomic mass is 9.79. The lowest BCUT2D eigenvalue weighted by Gasteiger charge is -2.46. The van der Waals surface area contributed by atoms with Gasteiger partial charge in [-0.1, -0.05) is 24.3 Å². The first-order chi connectivity index (χ1) is 12.2. The fraction of sp³-hybridized carbons (Fsp3) is 0.476. The maximum atomic E-state index is 11.9. The molecule has 1 aliphatic rings. The molecule has 2 heterocycles. The van der Waals surface area contributed by atoms with Crippen LogP contribution in [0.5, 0.6) is 0 Å². The van der Waals surface area contributed by atoms with Crippen molar-refractivity contribution in [3.63, 3.8) is 0 Å². The van der Waals surface area contributed by atoms with Crippen molar-refractivity contribution < 1.29 is 4.79 Å². The molecule has 0 spiro atoms. The van der Waals surface area contributed by atoms with Gasteiger partial charge in [0.25, 0.3) is 0 Å². The van der Waals surface area contributed by atoms with Crippen molar-refractivity contribution >= 4 is 11.6 Å². The topological polar surface area (TPSA) is 66.9 Å². The summed E-state index contributed by atoms with van der Waals surface area (Å²) in [6, 6.07) is 9.70. The number of Topliss-reactive ketones (excluding diaryl/α,β-unsaturated/α-hetero) is 1. The molecule has 0 atom stereocenters. The van der Waals surface area contributed by atoms with Gasteiger partial charge in [0.15, 0.2) is 11.6 Å². The molecule has 0 aliphatic carbocycles. The summed E-state index contributed by atoms with van der Waals surface area (Å²) >= 11 is 0. The summed E-state index contributed by atoms with van der Waals surface area (Å²) in [4.78, 5) is 21.0. The number of piperidine rings is 1. The number of hydrogen-bond donors (Lipinski definition) is 2. The average Bonchev–Trinajstić information content (AvgIpc) is 2.52. The second-order valence-electron chi connectivity index (χ2n) is 8.51. The molecule has 5 heteroatoms. The van der Waals surface area contributed by atoms with Crippen LogP contribution in [0.2, 0.25) is 0 Å². The third-order valence-electron chi connectivity index (χ3n) is 4.75. The summed E-state index contributed by atoms with van der Waals surface area (Å²) in [6.07, 6.45) is 3.78. The van der Waals surface area contributed by atoms with Crippen LogP contribution in [0.4, 0.5) is 5.82 Å². The molecule has 0 unspecified atom stereocenters. The minimum atomic E-state index is 0.0180. The standard InChI is InChI=1S/C21H28N4O/c1-14(26)16-8-6-7-9-17(16)19-22-11-10-18(24-19)23-15-12-20(2,3)25-21(4,5)13-15/h6-11,15,25H,12-13H2,1-5H3,(H,22,23,24). The van der Waals surface area contributed by atoms with E-state index in [1.54, 1.807) is 13.1 Å². The SMILES string of the molecule is CC(=O)c1ccccc1-c1nccc(NC2CC(C)(C)NC(C)(C)C2)n1. The van der Waals surface area contributed by atoms with Crippen LogP contribution in [0.15, 0.2) is 36.5 Å². The molecular weight excluding hydrogens is 324 g/mol. The fourth-order valence-electron chi connectivity index (χ4n) is 4.19. The first kappa shape index (κ1) is 18.5. The van der Waals surface area contributed by atoms with Crippen molar-refractivity contribution in [1.29, 1.82) is 0 Å². The zero-order chi connectivity index (χ0) is 18.9. The Labute approximate surface area is 155 Å². The van der Waals surface area contributed by atoms with Gasteiger partial charge in [-0.2, -0.15) is 0 Å². The zero-order valence-corrected chi connectivity index (χ0v) is 16.3. The molecule has 1 saturated heterocycles. The highest BCUT2D eigenvalue weighted by atomic mass is 16.1. The normalized spacial score (nSPS) is 19.1. The minimum absolute atomic E-state index is 0.0180. The molecule has 1 fully saturated rings. The van der Waals surface area contributed by atoms with Gasteiger partial charge >= 0.3 is 0 Å². The lowest BCUT2D eigenvalue weighted by molar-refractivity contribution is 0.101. The largest absolute Gasteiger partial charge is 0.367 e. The molecule has 2 N–H and O–H groups in total. The van der Waals surface area contributed by atoms with Crippen molar-refractivity contribution in [2.45, 2.75) is 64.6 Å². The van der Waals surface area contributed by atoms with Crippen LogP contribution in [-0.4, -0.2) is 32.9 Å². The molecule has 26 heavy (non-hydrogen) atoms. The summed E-state index contributed by atoms with van der Waals surface area (Å²) < 4.78 is 0. The number of carbonyl (C=O) groups excluding carboxylic acids is 1. The monoisotopic (exact) mass is 352 g/mol. The van der Waals surface area contributed by atoms with Crippen LogP contribution < -0.4 is 10.6 Å². The average molecular weight is 352 g/mol. The molecule has 1 aliphatic heterocycles. The van der Waals surface area contributed by atoms with Crippen molar-refractivity contribution in [3.8, 4) is 11.4 Å². The molecule has 1 aromatic heterocycles. The molecule has 3 rings (SSSR count). The predicted molar refractivity (Wildman–Crippen MR) is 105 cm³/mol. The molecule has 0 amide bonds. The molecule has 2 aromatic rings. The molecule has 1 aromatic carbocycles. The Morgan fingerprint density at radius 3 is 2.42 bits per heavy atom. The van der Waals surface area contributed by atoms with Crippen LogP contribution in [0.1, 0.15) is 57.8 Å². The van der Waals surface area contributed by atoms with Gasteiger partial charge in [-0.15, -0.1) is 0 Å². The fourth-order valence-corrected chi connectivity index (χ4v) is 4.19. The van der Waals surface area contributed by atoms with E-state index >= 15 is 0 Å². The van der Waals surface area contributed by atoms with E-state index < -0.39 is 0 Å². The maximum Gasteiger partial charge on any atom is 0.162 e. The summed E-state index contributed by atoms with van der Waals surface area (Å²) in [5.41, 5.74) is 1.55. The highest BCUT2D eigenvalue weighted by molar-refractivity contribution is 6.00. The smallest absolute Gasteiger partial charge is 0.162 e. The third-order valence-corrected chi connectivity index (χ3v) is 4.75. The number of anilines is 1. The number of ketones is 1. The minimum Gasteiger partial charge on any atom is -0.367 e. The molecular formula is C21H28N4O. The Balaban J connectivity index is 1.86. The van der Waals surface area contributed by atoms with Gasteiger partial charge in [0, 0.05) is 34.4 Å². The van der Waals surface area contributed by atoms with Crippen LogP contribution in [0.3, 0.4) is 0 Å². The van der Waals surface area contributed by atoms with Crippen LogP contribution in [0.25, 0.3) is 11.4 Å². The van der Waals surface area contributed by atoms with Gasteiger partial charge in [0.1, 0.15) is 5.82 Å². The summed E-state index contributed by atoms with van der Waals surface area (Å²) in [5.74, 6) is 1.39. The lowest BCUT2D eigenvalue weighted by Crippen LogP contribution is -2.60. The highest BCUT2D eigenvalue weighted by Crippen LogP contribution is 2.30. The molecule has 0 radical (unpaired) electrons. The summed E-state index contributed by atoms with van der Waals surface area (Å²) in [5, 5.41) is 7.27. The van der Waals surface area contributed by atoms with E-state index in [4.69, 9.17) is 0 Å². The first-order valence-electron chi connectivity index (χ1n) is 9.14. The van der Waals surface area contributed by atoms with E-state index in [2.05, 4.69) is 48.3 Å². The Morgan fingerprint density at radius 2 is 1.77 bits per heavy atom. The van der Waals surface area contributed by atoms with E-state index in [0.29, 0.717) is 17.4 Å². The van der Waals surface area contributed by atoms with E-state index in [0.717, 1.165) is 24.2 Å². The Bertz CT molecular complexity index is 797. The van der Waals surface area contributed by atoms with Crippen molar-refractivity contribution in [2.75, 3.05) is 5.32 Å². The van der Waals surface area contributed by atoms with Crippen LogP contribution in [0, 0.1) is 0 Å². The van der Waals surface area contributed by atoms with Gasteiger partial charge in [-0.05, 0) is 53.5 Å². The number of nitrogens with one attached hydrogen (secondary N) is 2. The van der Waals surface area contributed by atoms with E-state index in [1.807, 2.05) is 30.3 Å². The number of aromatic nitrogens is 2. The van der Waals surface area contributed by atoms with Crippen LogP contribution in [-0.2, 0) is 0 Å². The molecule has 138 valence electrons. The second kappa shape index (κ2) is 6.80. The number of hydrogen-bond acceptors (Lipinski definition) is 5. The summed E-state index contributed by atoms with van der Waals surface area (Å²) in [6.45, 7) is 10.5. The molecule has 0 bridgehead atoms. The van der Waals surface area contributed by atoms with Gasteiger partial charge in [0.05, 0.1) is 0 Å². The maximum absolute atomic E-state index is 11.9. The number of rotatable bonds is 4. The first-order valence-corrected chi connectivity index (χ1v) is 9.14. The highest BCUT2D eigenvalue weighted by Gasteiger charge is 2.37. The van der Waals surface area contributed by atoms with Gasteiger partial charge in [-0.25, -0.2) is 9.97 Å². The van der Waals surface area contributed by atoms with Crippen LogP contribution >= 0.6 is 0 Å². The molecule has 5 nitrogen and oxygen atoms in total. The Kier molecular flexibility index (Phi) is 4.84. The molecule has 0 saturated carbocycles. The van der Waals surface area contributed by atoms with E-state index in [-0.39, 0.29) is 16.9 Å². The van der Waals surface area contributed by atoms with Crippen molar-refractivity contribution in [3.05, 3.63) is 42.1 Å². The van der Waals surface area contributed by atoms with Crippen molar-refractivity contribution in [2.24, 2.45) is 0 Å². The number of carbonyl (C=O) groups is 1. The summed E-state index contributed by atoms with van der Waals surface area (Å²) in [7, 11) is 0.